The third-order valence-electron chi connectivity index (χ3n) is 2.03. The molecule has 0 aliphatic rings. The number of rotatable bonds is 5. The van der Waals surface area contributed by atoms with Crippen LogP contribution in [0.1, 0.15) is 20.3 Å². The van der Waals surface area contributed by atoms with Gasteiger partial charge in [0.1, 0.15) is 0 Å². The van der Waals surface area contributed by atoms with Gasteiger partial charge in [0.15, 0.2) is 0 Å². The number of carbonyl (C=O) groups excluding carboxylic acids is 2. The molecule has 0 atom stereocenters. The van der Waals surface area contributed by atoms with Crippen molar-refractivity contribution in [3.63, 3.8) is 0 Å². The minimum absolute atomic E-state index is 0.123. The summed E-state index contributed by atoms with van der Waals surface area (Å²) in [6, 6.07) is 0. The molecule has 0 aromatic rings. The molecule has 0 aromatic heterocycles. The zero-order valence-corrected chi connectivity index (χ0v) is 9.94. The SMILES string of the molecule is COC(=O)CCNC(=O)C(C)(C)C(N)=S. The number of thiocarbonyl (C=S) groups is 1. The van der Waals surface area contributed by atoms with Crippen molar-refractivity contribution in [2.75, 3.05) is 13.7 Å². The highest BCUT2D eigenvalue weighted by Crippen LogP contribution is 2.14. The molecule has 0 rings (SSSR count). The van der Waals surface area contributed by atoms with Crippen LogP contribution in [-0.4, -0.2) is 30.5 Å². The highest BCUT2D eigenvalue weighted by molar-refractivity contribution is 7.80. The second-order valence-corrected chi connectivity index (χ2v) is 4.01. The third-order valence-corrected chi connectivity index (χ3v) is 2.54. The molecule has 0 unspecified atom stereocenters. The van der Waals surface area contributed by atoms with Gasteiger partial charge in [0, 0.05) is 6.54 Å². The van der Waals surface area contributed by atoms with Crippen molar-refractivity contribution in [2.45, 2.75) is 20.3 Å². The van der Waals surface area contributed by atoms with E-state index >= 15 is 0 Å². The number of nitrogens with two attached hydrogens (primary N) is 1. The minimum atomic E-state index is -0.897. The Morgan fingerprint density at radius 1 is 1.47 bits per heavy atom. The van der Waals surface area contributed by atoms with Gasteiger partial charge in [0.05, 0.1) is 23.9 Å². The minimum Gasteiger partial charge on any atom is -0.469 e. The van der Waals surface area contributed by atoms with Crippen LogP contribution in [0.15, 0.2) is 0 Å². The highest BCUT2D eigenvalue weighted by Gasteiger charge is 2.30. The summed E-state index contributed by atoms with van der Waals surface area (Å²) in [6.07, 6.45) is 0.135. The van der Waals surface area contributed by atoms with Gasteiger partial charge in [-0.15, -0.1) is 0 Å². The van der Waals surface area contributed by atoms with E-state index < -0.39 is 5.41 Å². The molecule has 0 aromatic carbocycles. The van der Waals surface area contributed by atoms with Crippen molar-refractivity contribution in [3.8, 4) is 0 Å². The van der Waals surface area contributed by atoms with Crippen molar-refractivity contribution in [1.29, 1.82) is 0 Å². The quantitative estimate of drug-likeness (QED) is 0.514. The van der Waals surface area contributed by atoms with Crippen molar-refractivity contribution < 1.29 is 14.3 Å². The van der Waals surface area contributed by atoms with Gasteiger partial charge < -0.3 is 15.8 Å². The molecule has 0 spiro atoms. The predicted octanol–water partition coefficient (Wildman–Crippen LogP) is -0.0220. The van der Waals surface area contributed by atoms with E-state index in [1.54, 1.807) is 13.8 Å². The third kappa shape index (κ3) is 4.24. The molecule has 0 bridgehead atoms. The van der Waals surface area contributed by atoms with Crippen LogP contribution < -0.4 is 11.1 Å². The van der Waals surface area contributed by atoms with Crippen LogP contribution in [0, 0.1) is 5.41 Å². The lowest BCUT2D eigenvalue weighted by atomic mass is 9.92. The van der Waals surface area contributed by atoms with E-state index in [2.05, 4.69) is 10.1 Å². The molecule has 1 amide bonds. The fourth-order valence-corrected chi connectivity index (χ4v) is 0.806. The van der Waals surface area contributed by atoms with Crippen LogP contribution in [0.4, 0.5) is 0 Å². The smallest absolute Gasteiger partial charge is 0.307 e. The molecule has 0 aliphatic carbocycles. The zero-order valence-electron chi connectivity index (χ0n) is 9.12. The van der Waals surface area contributed by atoms with Crippen LogP contribution in [-0.2, 0) is 14.3 Å². The maximum Gasteiger partial charge on any atom is 0.307 e. The van der Waals surface area contributed by atoms with Crippen molar-refractivity contribution in [3.05, 3.63) is 0 Å². The Morgan fingerprint density at radius 3 is 2.40 bits per heavy atom. The van der Waals surface area contributed by atoms with E-state index in [9.17, 15) is 9.59 Å². The van der Waals surface area contributed by atoms with E-state index in [-0.39, 0.29) is 29.8 Å². The van der Waals surface area contributed by atoms with Gasteiger partial charge in [-0.2, -0.15) is 0 Å². The summed E-state index contributed by atoms with van der Waals surface area (Å²) in [5.74, 6) is -0.665. The van der Waals surface area contributed by atoms with E-state index in [0.717, 1.165) is 0 Å². The Labute approximate surface area is 94.3 Å². The average molecular weight is 232 g/mol. The first-order valence-corrected chi connectivity index (χ1v) is 4.88. The van der Waals surface area contributed by atoms with E-state index in [1.165, 1.54) is 7.11 Å². The molecule has 3 N–H and O–H groups in total. The van der Waals surface area contributed by atoms with Gasteiger partial charge in [-0.1, -0.05) is 12.2 Å². The normalized spacial score (nSPS) is 10.6. The van der Waals surface area contributed by atoms with Crippen LogP contribution in [0.3, 0.4) is 0 Å². The van der Waals surface area contributed by atoms with Crippen molar-refractivity contribution in [1.82, 2.24) is 5.32 Å². The van der Waals surface area contributed by atoms with Gasteiger partial charge in [-0.05, 0) is 13.8 Å². The Bertz CT molecular complexity index is 277. The second-order valence-electron chi connectivity index (χ2n) is 3.57. The van der Waals surface area contributed by atoms with Crippen molar-refractivity contribution >= 4 is 29.1 Å². The number of ether oxygens (including phenoxy) is 1. The summed E-state index contributed by atoms with van der Waals surface area (Å²) in [4.78, 5) is 22.4. The number of carbonyl (C=O) groups is 2. The Hall–Kier alpha value is -1.17. The fraction of sp³-hybridized carbons (Fsp3) is 0.667. The molecule has 6 heteroatoms. The molecule has 5 nitrogen and oxygen atoms in total. The lowest BCUT2D eigenvalue weighted by molar-refractivity contribution is -0.140. The number of hydrogen-bond acceptors (Lipinski definition) is 4. The monoisotopic (exact) mass is 232 g/mol. The molecule has 0 fully saturated rings. The number of nitrogens with one attached hydrogen (secondary N) is 1. The van der Waals surface area contributed by atoms with E-state index in [1.807, 2.05) is 0 Å². The Balaban J connectivity index is 4.05. The highest BCUT2D eigenvalue weighted by atomic mass is 32.1. The summed E-state index contributed by atoms with van der Waals surface area (Å²) in [6.45, 7) is 3.48. The van der Waals surface area contributed by atoms with Gasteiger partial charge >= 0.3 is 5.97 Å². The molecule has 86 valence electrons. The first-order valence-electron chi connectivity index (χ1n) is 4.47. The predicted molar refractivity (Wildman–Crippen MR) is 60.2 cm³/mol. The molecule has 15 heavy (non-hydrogen) atoms. The van der Waals surface area contributed by atoms with Crippen LogP contribution in [0.2, 0.25) is 0 Å². The van der Waals surface area contributed by atoms with Crippen molar-refractivity contribution in [2.24, 2.45) is 11.1 Å². The number of esters is 1. The maximum absolute atomic E-state index is 11.5. The summed E-state index contributed by atoms with van der Waals surface area (Å²) in [5.41, 5.74) is 4.51. The number of methoxy groups -OCH3 is 1. The van der Waals surface area contributed by atoms with Gasteiger partial charge in [0.2, 0.25) is 5.91 Å². The summed E-state index contributed by atoms with van der Waals surface area (Å²) in [7, 11) is 1.29. The number of hydrogen-bond donors (Lipinski definition) is 2. The van der Waals surface area contributed by atoms with Crippen LogP contribution >= 0.6 is 12.2 Å². The second kappa shape index (κ2) is 5.65. The van der Waals surface area contributed by atoms with Crippen LogP contribution in [0.5, 0.6) is 0 Å². The first kappa shape index (κ1) is 13.8. The topological polar surface area (TPSA) is 81.4 Å². The maximum atomic E-state index is 11.5. The molecule has 0 radical (unpaired) electrons. The lowest BCUT2D eigenvalue weighted by Gasteiger charge is -2.21. The average Bonchev–Trinajstić information content (AvgIpc) is 2.16. The van der Waals surface area contributed by atoms with E-state index in [4.69, 9.17) is 18.0 Å². The molecule has 0 saturated heterocycles. The lowest BCUT2D eigenvalue weighted by Crippen LogP contribution is -2.45. The zero-order chi connectivity index (χ0) is 12.1. The van der Waals surface area contributed by atoms with Gasteiger partial charge in [-0.25, -0.2) is 0 Å². The molecule has 0 aliphatic heterocycles. The van der Waals surface area contributed by atoms with E-state index in [0.29, 0.717) is 0 Å². The summed E-state index contributed by atoms with van der Waals surface area (Å²) >= 11 is 4.76. The molecular weight excluding hydrogens is 216 g/mol. The van der Waals surface area contributed by atoms with Gasteiger partial charge in [0.25, 0.3) is 0 Å². The fourth-order valence-electron chi connectivity index (χ4n) is 0.713. The molecule has 0 saturated carbocycles. The first-order chi connectivity index (χ1) is 6.82. The Kier molecular flexibility index (Phi) is 5.21. The Morgan fingerprint density at radius 2 is 2.00 bits per heavy atom. The summed E-state index contributed by atoms with van der Waals surface area (Å²) < 4.78 is 4.42. The number of amides is 1. The van der Waals surface area contributed by atoms with Gasteiger partial charge in [-0.3, -0.25) is 9.59 Å². The molecule has 0 heterocycles. The largest absolute Gasteiger partial charge is 0.469 e. The molecular formula is C9H16N2O3S. The summed E-state index contributed by atoms with van der Waals surface area (Å²) in [5, 5.41) is 2.56. The van der Waals surface area contributed by atoms with Crippen LogP contribution in [0.25, 0.3) is 0 Å². The standard InChI is InChI=1S/C9H16N2O3S/c1-9(2,7(10)15)8(13)11-5-4-6(12)14-3/h4-5H2,1-3H3,(H2,10,15)(H,11,13).